The molecule has 1 aromatic heterocycles. The number of para-hydroxylation sites is 1. The van der Waals surface area contributed by atoms with Crippen molar-refractivity contribution >= 4 is 16.8 Å². The van der Waals surface area contributed by atoms with Crippen LogP contribution in [-0.4, -0.2) is 64.4 Å². The van der Waals surface area contributed by atoms with Crippen LogP contribution in [0, 0.1) is 6.92 Å². The maximum absolute atomic E-state index is 12.3. The minimum atomic E-state index is -0.0796. The summed E-state index contributed by atoms with van der Waals surface area (Å²) in [4.78, 5) is 36.2. The average molecular weight is 355 g/mol. The van der Waals surface area contributed by atoms with Crippen LogP contribution < -0.4 is 10.9 Å². The molecule has 26 heavy (non-hydrogen) atoms. The number of aryl methyl sites for hydroxylation is 1. The molecular formula is C19H25N5O2. The number of fused-ring (bicyclic) bond motifs is 1. The van der Waals surface area contributed by atoms with Crippen LogP contribution in [0.25, 0.3) is 10.9 Å². The maximum atomic E-state index is 12.3. The predicted octanol–water partition coefficient (Wildman–Crippen LogP) is 0.628. The minimum absolute atomic E-state index is 0.0796. The molecule has 0 atom stereocenters. The van der Waals surface area contributed by atoms with Gasteiger partial charge in [0.15, 0.2) is 0 Å². The molecule has 1 aromatic carbocycles. The van der Waals surface area contributed by atoms with Crippen LogP contribution in [0.3, 0.4) is 0 Å². The number of carbonyl (C=O) groups excluding carboxylic acids is 1. The monoisotopic (exact) mass is 355 g/mol. The fourth-order valence-corrected chi connectivity index (χ4v) is 3.45. The summed E-state index contributed by atoms with van der Waals surface area (Å²) in [6.45, 7) is 6.53. The van der Waals surface area contributed by atoms with Crippen LogP contribution in [0.4, 0.5) is 0 Å². The molecule has 4 rings (SSSR count). The molecule has 138 valence electrons. The van der Waals surface area contributed by atoms with Gasteiger partial charge in [-0.2, -0.15) is 0 Å². The number of aromatic nitrogens is 2. The van der Waals surface area contributed by atoms with Crippen LogP contribution in [0.2, 0.25) is 0 Å². The number of benzene rings is 1. The molecule has 7 nitrogen and oxygen atoms in total. The van der Waals surface area contributed by atoms with Crippen molar-refractivity contribution in [3.05, 3.63) is 39.9 Å². The molecule has 1 aliphatic carbocycles. The normalized spacial score (nSPS) is 19.0. The fraction of sp³-hybridized carbons (Fsp3) is 0.526. The Hall–Kier alpha value is -2.25. The fourth-order valence-electron chi connectivity index (χ4n) is 3.45. The zero-order valence-electron chi connectivity index (χ0n) is 15.1. The van der Waals surface area contributed by atoms with Crippen molar-refractivity contribution in [1.82, 2.24) is 25.1 Å². The zero-order valence-corrected chi connectivity index (χ0v) is 15.1. The second kappa shape index (κ2) is 7.17. The highest BCUT2D eigenvalue weighted by Gasteiger charge is 2.25. The Labute approximate surface area is 152 Å². The number of amides is 1. The van der Waals surface area contributed by atoms with E-state index < -0.39 is 0 Å². The summed E-state index contributed by atoms with van der Waals surface area (Å²) in [7, 11) is 0. The van der Waals surface area contributed by atoms with Gasteiger partial charge in [-0.05, 0) is 31.4 Å². The molecule has 1 amide bonds. The molecule has 2 aliphatic rings. The van der Waals surface area contributed by atoms with Crippen molar-refractivity contribution in [2.45, 2.75) is 32.4 Å². The first-order valence-corrected chi connectivity index (χ1v) is 9.31. The summed E-state index contributed by atoms with van der Waals surface area (Å²) >= 11 is 0. The minimum Gasteiger partial charge on any atom is -0.352 e. The van der Waals surface area contributed by atoms with Crippen LogP contribution in [0.5, 0.6) is 0 Å². The van der Waals surface area contributed by atoms with Gasteiger partial charge >= 0.3 is 0 Å². The first-order valence-electron chi connectivity index (χ1n) is 9.31. The standard InChI is InChI=1S/C19H25N5O2/c1-13-3-2-4-15-18(13)21-16(22-19(15)26)11-23-7-9-24(10-8-23)12-17(25)20-14-5-6-14/h2-4,14H,5-12H2,1H3,(H,20,25)(H,21,22,26). The first kappa shape index (κ1) is 17.2. The van der Waals surface area contributed by atoms with Crippen molar-refractivity contribution in [2.75, 3.05) is 32.7 Å². The molecule has 2 fully saturated rings. The zero-order chi connectivity index (χ0) is 18.1. The summed E-state index contributed by atoms with van der Waals surface area (Å²) in [6.07, 6.45) is 2.24. The number of nitrogens with one attached hydrogen (secondary N) is 2. The highest BCUT2D eigenvalue weighted by molar-refractivity contribution is 5.80. The number of aromatic amines is 1. The summed E-state index contributed by atoms with van der Waals surface area (Å²) in [5, 5.41) is 3.68. The highest BCUT2D eigenvalue weighted by atomic mass is 16.2. The SMILES string of the molecule is Cc1cccc2c(=O)[nH]c(CN3CCN(CC(=O)NC4CC4)CC3)nc12. The number of hydrogen-bond donors (Lipinski definition) is 2. The molecular weight excluding hydrogens is 330 g/mol. The van der Waals surface area contributed by atoms with E-state index in [-0.39, 0.29) is 11.5 Å². The van der Waals surface area contributed by atoms with Crippen molar-refractivity contribution < 1.29 is 4.79 Å². The second-order valence-electron chi connectivity index (χ2n) is 7.38. The third-order valence-electron chi connectivity index (χ3n) is 5.13. The van der Waals surface area contributed by atoms with E-state index in [0.29, 0.717) is 30.3 Å². The van der Waals surface area contributed by atoms with Gasteiger partial charge < -0.3 is 10.3 Å². The molecule has 2 heterocycles. The van der Waals surface area contributed by atoms with E-state index in [1.807, 2.05) is 25.1 Å². The molecule has 7 heteroatoms. The van der Waals surface area contributed by atoms with Gasteiger partial charge in [-0.3, -0.25) is 19.4 Å². The topological polar surface area (TPSA) is 81.3 Å². The largest absolute Gasteiger partial charge is 0.352 e. The van der Waals surface area contributed by atoms with Crippen molar-refractivity contribution in [3.63, 3.8) is 0 Å². The Balaban J connectivity index is 1.35. The van der Waals surface area contributed by atoms with Gasteiger partial charge in [0.2, 0.25) is 5.91 Å². The third kappa shape index (κ3) is 3.94. The summed E-state index contributed by atoms with van der Waals surface area (Å²) in [6, 6.07) is 6.09. The van der Waals surface area contributed by atoms with Crippen LogP contribution in [0.1, 0.15) is 24.2 Å². The van der Waals surface area contributed by atoms with Gasteiger partial charge in [-0.1, -0.05) is 12.1 Å². The van der Waals surface area contributed by atoms with Gasteiger partial charge in [-0.15, -0.1) is 0 Å². The molecule has 0 unspecified atom stereocenters. The quantitative estimate of drug-likeness (QED) is 0.822. The van der Waals surface area contributed by atoms with Gasteiger partial charge in [0, 0.05) is 32.2 Å². The van der Waals surface area contributed by atoms with Crippen molar-refractivity contribution in [2.24, 2.45) is 0 Å². The van der Waals surface area contributed by atoms with Crippen LogP contribution in [0.15, 0.2) is 23.0 Å². The lowest BCUT2D eigenvalue weighted by Gasteiger charge is -2.33. The molecule has 2 N–H and O–H groups in total. The Bertz CT molecular complexity index is 866. The number of rotatable bonds is 5. The number of piperazine rings is 1. The van der Waals surface area contributed by atoms with Crippen molar-refractivity contribution in [3.8, 4) is 0 Å². The van der Waals surface area contributed by atoms with E-state index in [4.69, 9.17) is 0 Å². The average Bonchev–Trinajstić information content (AvgIpc) is 3.42. The highest BCUT2D eigenvalue weighted by Crippen LogP contribution is 2.18. The molecule has 0 spiro atoms. The Morgan fingerprint density at radius 1 is 1.23 bits per heavy atom. The van der Waals surface area contributed by atoms with Gasteiger partial charge in [0.25, 0.3) is 5.56 Å². The van der Waals surface area contributed by atoms with Gasteiger partial charge in [-0.25, -0.2) is 4.98 Å². The Morgan fingerprint density at radius 2 is 1.96 bits per heavy atom. The first-order chi connectivity index (χ1) is 12.6. The number of hydrogen-bond acceptors (Lipinski definition) is 5. The Morgan fingerprint density at radius 3 is 2.69 bits per heavy atom. The number of nitrogens with zero attached hydrogens (tertiary/aromatic N) is 3. The lowest BCUT2D eigenvalue weighted by atomic mass is 10.1. The summed E-state index contributed by atoms with van der Waals surface area (Å²) in [5.74, 6) is 0.841. The van der Waals surface area contributed by atoms with E-state index in [9.17, 15) is 9.59 Å². The smallest absolute Gasteiger partial charge is 0.258 e. The maximum Gasteiger partial charge on any atom is 0.258 e. The lowest BCUT2D eigenvalue weighted by Crippen LogP contribution is -2.49. The third-order valence-corrected chi connectivity index (χ3v) is 5.13. The molecule has 2 aromatic rings. The van der Waals surface area contributed by atoms with Crippen LogP contribution in [-0.2, 0) is 11.3 Å². The number of carbonyl (C=O) groups is 1. The van der Waals surface area contributed by atoms with Crippen molar-refractivity contribution in [1.29, 1.82) is 0 Å². The van der Waals surface area contributed by atoms with E-state index in [2.05, 4.69) is 25.1 Å². The van der Waals surface area contributed by atoms with E-state index in [1.165, 1.54) is 0 Å². The second-order valence-corrected chi connectivity index (χ2v) is 7.38. The molecule has 1 saturated heterocycles. The number of H-pyrrole nitrogens is 1. The molecule has 0 radical (unpaired) electrons. The predicted molar refractivity (Wildman–Crippen MR) is 100.0 cm³/mol. The molecule has 1 saturated carbocycles. The summed E-state index contributed by atoms with van der Waals surface area (Å²) < 4.78 is 0. The molecule has 1 aliphatic heterocycles. The van der Waals surface area contributed by atoms with Crippen LogP contribution >= 0.6 is 0 Å². The Kier molecular flexibility index (Phi) is 4.74. The van der Waals surface area contributed by atoms with E-state index in [1.54, 1.807) is 0 Å². The summed E-state index contributed by atoms with van der Waals surface area (Å²) in [5.41, 5.74) is 1.71. The van der Waals surface area contributed by atoms with Gasteiger partial charge in [0.05, 0.1) is 24.0 Å². The van der Waals surface area contributed by atoms with E-state index in [0.717, 1.165) is 50.1 Å². The lowest BCUT2D eigenvalue weighted by molar-refractivity contribution is -0.122. The van der Waals surface area contributed by atoms with E-state index >= 15 is 0 Å². The van der Waals surface area contributed by atoms with Gasteiger partial charge in [0.1, 0.15) is 5.82 Å². The molecule has 0 bridgehead atoms.